The van der Waals surface area contributed by atoms with Gasteiger partial charge < -0.3 is 14.6 Å². The van der Waals surface area contributed by atoms with E-state index in [9.17, 15) is 9.90 Å². The summed E-state index contributed by atoms with van der Waals surface area (Å²) in [5, 5.41) is 10.1. The fraction of sp³-hybridized carbons (Fsp3) is 0.944. The molecule has 0 radical (unpaired) electrons. The fourth-order valence-corrected chi connectivity index (χ4v) is 2.68. The summed E-state index contributed by atoms with van der Waals surface area (Å²) in [6, 6.07) is 0. The molecule has 0 aromatic rings. The maximum absolute atomic E-state index is 10.8. The van der Waals surface area contributed by atoms with Crippen LogP contribution in [-0.2, 0) is 9.53 Å². The normalized spacial score (nSPS) is 14.1. The minimum atomic E-state index is -0.315. The first kappa shape index (κ1) is 20.6. The number of rotatable bonds is 15. The Balaban J connectivity index is 3.57. The summed E-state index contributed by atoms with van der Waals surface area (Å²) in [6.45, 7) is 3.86. The maximum Gasteiger partial charge on any atom is 0.129 e. The number of carbonyl (C=O) groups is 1. The van der Waals surface area contributed by atoms with Crippen LogP contribution in [0.4, 0.5) is 0 Å². The van der Waals surface area contributed by atoms with Gasteiger partial charge in [-0.3, -0.25) is 0 Å². The summed E-state index contributed by atoms with van der Waals surface area (Å²) in [4.78, 5) is 10.8. The molecule has 0 amide bonds. The fourth-order valence-electron chi connectivity index (χ4n) is 2.68. The average molecular weight is 300 g/mol. The molecule has 0 aliphatic rings. The van der Waals surface area contributed by atoms with E-state index < -0.39 is 0 Å². The van der Waals surface area contributed by atoms with Crippen LogP contribution in [0.25, 0.3) is 0 Å². The first-order chi connectivity index (χ1) is 10.1. The second kappa shape index (κ2) is 14.5. The molecule has 0 heterocycles. The highest BCUT2D eigenvalue weighted by molar-refractivity contribution is 5.75. The number of aliphatic hydroxyl groups excluding tert-OH is 1. The molecule has 0 saturated carbocycles. The van der Waals surface area contributed by atoms with Crippen molar-refractivity contribution >= 4 is 5.78 Å². The van der Waals surface area contributed by atoms with Crippen molar-refractivity contribution in [3.8, 4) is 0 Å². The SMILES string of the molecule is CCCCCCC(O)C(CCCCCCCC(C)=O)OC. The lowest BCUT2D eigenvalue weighted by Gasteiger charge is -2.21. The van der Waals surface area contributed by atoms with Crippen LogP contribution in [0.1, 0.15) is 90.9 Å². The zero-order valence-corrected chi connectivity index (χ0v) is 14.4. The van der Waals surface area contributed by atoms with Crippen LogP contribution in [0.3, 0.4) is 0 Å². The van der Waals surface area contributed by atoms with Crippen LogP contribution < -0.4 is 0 Å². The van der Waals surface area contributed by atoms with Gasteiger partial charge in [0.25, 0.3) is 0 Å². The minimum absolute atomic E-state index is 0.0103. The molecule has 0 saturated heterocycles. The van der Waals surface area contributed by atoms with Crippen molar-refractivity contribution in [2.75, 3.05) is 7.11 Å². The van der Waals surface area contributed by atoms with Crippen molar-refractivity contribution in [1.82, 2.24) is 0 Å². The summed E-state index contributed by atoms with van der Waals surface area (Å²) in [6.07, 6.45) is 12.6. The van der Waals surface area contributed by atoms with E-state index in [-0.39, 0.29) is 12.2 Å². The lowest BCUT2D eigenvalue weighted by molar-refractivity contribution is -0.117. The Bertz CT molecular complexity index is 241. The highest BCUT2D eigenvalue weighted by atomic mass is 16.5. The third-order valence-corrected chi connectivity index (χ3v) is 4.10. The van der Waals surface area contributed by atoms with Gasteiger partial charge in [-0.15, -0.1) is 0 Å². The van der Waals surface area contributed by atoms with Gasteiger partial charge in [0.05, 0.1) is 12.2 Å². The topological polar surface area (TPSA) is 46.5 Å². The molecule has 0 aromatic heterocycles. The first-order valence-corrected chi connectivity index (χ1v) is 8.82. The molecule has 3 heteroatoms. The zero-order chi connectivity index (χ0) is 15.9. The number of methoxy groups -OCH3 is 1. The van der Waals surface area contributed by atoms with Crippen molar-refractivity contribution in [3.05, 3.63) is 0 Å². The molecule has 1 N–H and O–H groups in total. The Hall–Kier alpha value is -0.410. The highest BCUT2D eigenvalue weighted by Gasteiger charge is 2.17. The predicted molar refractivity (Wildman–Crippen MR) is 88.6 cm³/mol. The van der Waals surface area contributed by atoms with Gasteiger partial charge in [-0.2, -0.15) is 0 Å². The molecule has 2 unspecified atom stereocenters. The van der Waals surface area contributed by atoms with Crippen molar-refractivity contribution in [3.63, 3.8) is 0 Å². The Morgan fingerprint density at radius 3 is 2.14 bits per heavy atom. The molecule has 0 spiro atoms. The number of carbonyl (C=O) groups excluding carboxylic acids is 1. The molecule has 3 nitrogen and oxygen atoms in total. The van der Waals surface area contributed by atoms with E-state index >= 15 is 0 Å². The second-order valence-corrected chi connectivity index (χ2v) is 6.20. The molecule has 0 bridgehead atoms. The Morgan fingerprint density at radius 1 is 0.952 bits per heavy atom. The summed E-state index contributed by atoms with van der Waals surface area (Å²) >= 11 is 0. The molecule has 0 aliphatic carbocycles. The highest BCUT2D eigenvalue weighted by Crippen LogP contribution is 2.16. The van der Waals surface area contributed by atoms with Crippen molar-refractivity contribution in [1.29, 1.82) is 0 Å². The number of Topliss-reactive ketones (excluding diaryl/α,β-unsaturated/α-hetero) is 1. The van der Waals surface area contributed by atoms with Gasteiger partial charge >= 0.3 is 0 Å². The van der Waals surface area contributed by atoms with Gasteiger partial charge in [-0.05, 0) is 26.2 Å². The van der Waals surface area contributed by atoms with Gasteiger partial charge in [-0.1, -0.05) is 58.3 Å². The quantitative estimate of drug-likeness (QED) is 0.448. The Kier molecular flexibility index (Phi) is 14.2. The third kappa shape index (κ3) is 13.0. The van der Waals surface area contributed by atoms with Crippen LogP contribution in [0.5, 0.6) is 0 Å². The van der Waals surface area contributed by atoms with E-state index in [4.69, 9.17) is 4.74 Å². The van der Waals surface area contributed by atoms with Crippen LogP contribution >= 0.6 is 0 Å². The third-order valence-electron chi connectivity index (χ3n) is 4.10. The van der Waals surface area contributed by atoms with E-state index in [0.29, 0.717) is 5.78 Å². The van der Waals surface area contributed by atoms with Crippen LogP contribution in [0.15, 0.2) is 0 Å². The lowest BCUT2D eigenvalue weighted by Crippen LogP contribution is -2.27. The molecule has 0 aliphatic heterocycles. The summed E-state index contributed by atoms with van der Waals surface area (Å²) < 4.78 is 5.43. The smallest absolute Gasteiger partial charge is 0.129 e. The second-order valence-electron chi connectivity index (χ2n) is 6.20. The number of hydrogen-bond acceptors (Lipinski definition) is 3. The first-order valence-electron chi connectivity index (χ1n) is 8.82. The van der Waals surface area contributed by atoms with E-state index in [1.807, 2.05) is 0 Å². The van der Waals surface area contributed by atoms with E-state index in [1.54, 1.807) is 14.0 Å². The van der Waals surface area contributed by atoms with Crippen LogP contribution in [0.2, 0.25) is 0 Å². The van der Waals surface area contributed by atoms with E-state index in [2.05, 4.69) is 6.92 Å². The monoisotopic (exact) mass is 300 g/mol. The minimum Gasteiger partial charge on any atom is -0.390 e. The van der Waals surface area contributed by atoms with Crippen molar-refractivity contribution in [2.24, 2.45) is 0 Å². The summed E-state index contributed by atoms with van der Waals surface area (Å²) in [5.41, 5.74) is 0. The molecule has 21 heavy (non-hydrogen) atoms. The van der Waals surface area contributed by atoms with Gasteiger partial charge in [0.2, 0.25) is 0 Å². The Labute approximate surface area is 131 Å². The molecule has 0 fully saturated rings. The summed E-state index contributed by atoms with van der Waals surface area (Å²) in [5.74, 6) is 0.292. The van der Waals surface area contributed by atoms with Gasteiger partial charge in [0.1, 0.15) is 5.78 Å². The molecule has 0 rings (SSSR count). The predicted octanol–water partition coefficient (Wildman–Crippen LogP) is 4.65. The molecule has 2 atom stereocenters. The standard InChI is InChI=1S/C18H36O3/c1-4-5-6-11-14-17(20)18(21-3)15-12-9-7-8-10-13-16(2)19/h17-18,20H,4-15H2,1-3H3. The summed E-state index contributed by atoms with van der Waals surface area (Å²) in [7, 11) is 1.70. The number of ether oxygens (including phenoxy) is 1. The molecule has 126 valence electrons. The van der Waals surface area contributed by atoms with Crippen molar-refractivity contribution < 1.29 is 14.6 Å². The van der Waals surface area contributed by atoms with Gasteiger partial charge in [0, 0.05) is 13.5 Å². The van der Waals surface area contributed by atoms with Crippen LogP contribution in [0, 0.1) is 0 Å². The number of hydrogen-bond donors (Lipinski definition) is 1. The lowest BCUT2D eigenvalue weighted by atomic mass is 9.99. The molecular formula is C18H36O3. The van der Waals surface area contributed by atoms with Crippen LogP contribution in [-0.4, -0.2) is 30.2 Å². The van der Waals surface area contributed by atoms with E-state index in [1.165, 1.54) is 32.1 Å². The zero-order valence-electron chi connectivity index (χ0n) is 14.4. The average Bonchev–Trinajstić information content (AvgIpc) is 2.46. The Morgan fingerprint density at radius 2 is 1.52 bits per heavy atom. The van der Waals surface area contributed by atoms with Gasteiger partial charge in [-0.25, -0.2) is 0 Å². The molecular weight excluding hydrogens is 264 g/mol. The number of aliphatic hydroxyl groups is 1. The molecule has 0 aromatic carbocycles. The maximum atomic E-state index is 10.8. The number of unbranched alkanes of at least 4 members (excludes halogenated alkanes) is 7. The van der Waals surface area contributed by atoms with Crippen molar-refractivity contribution in [2.45, 2.75) is 103 Å². The largest absolute Gasteiger partial charge is 0.390 e. The number of ketones is 1. The van der Waals surface area contributed by atoms with E-state index in [0.717, 1.165) is 44.9 Å². The van der Waals surface area contributed by atoms with Gasteiger partial charge in [0.15, 0.2) is 0 Å².